The summed E-state index contributed by atoms with van der Waals surface area (Å²) in [6, 6.07) is 20.5. The van der Waals surface area contributed by atoms with Crippen molar-refractivity contribution < 1.29 is 9.47 Å². The van der Waals surface area contributed by atoms with Crippen LogP contribution in [0.1, 0.15) is 25.7 Å². The predicted octanol–water partition coefficient (Wildman–Crippen LogP) is 6.88. The Hall–Kier alpha value is -5.10. The molecule has 4 aromatic heterocycles. The van der Waals surface area contributed by atoms with Crippen molar-refractivity contribution in [1.29, 1.82) is 5.26 Å². The van der Waals surface area contributed by atoms with Crippen LogP contribution < -0.4 is 21.8 Å². The quantitative estimate of drug-likeness (QED) is 0.154. The van der Waals surface area contributed by atoms with E-state index in [2.05, 4.69) is 35.6 Å². The summed E-state index contributed by atoms with van der Waals surface area (Å²) in [5.74, 6) is 0.955. The van der Waals surface area contributed by atoms with Gasteiger partial charge in [0.1, 0.15) is 17.8 Å². The monoisotopic (exact) mass is 787 g/mol. The number of H-pyrrole nitrogens is 1. The van der Waals surface area contributed by atoms with Crippen LogP contribution in [0, 0.1) is 11.3 Å². The Labute approximate surface area is 326 Å². The Bertz CT molecular complexity index is 2420. The summed E-state index contributed by atoms with van der Waals surface area (Å²) in [7, 11) is 0. The molecule has 0 aliphatic carbocycles. The van der Waals surface area contributed by atoms with Crippen molar-refractivity contribution in [2.75, 3.05) is 37.1 Å². The molecule has 2 aromatic carbocycles. The lowest BCUT2D eigenvalue weighted by Gasteiger charge is -2.23. The van der Waals surface area contributed by atoms with E-state index in [9.17, 15) is 14.9 Å². The number of pyridine rings is 2. The number of nitriles is 1. The summed E-state index contributed by atoms with van der Waals surface area (Å²) in [5.41, 5.74) is 2.63. The van der Waals surface area contributed by atoms with Gasteiger partial charge in [0.2, 0.25) is 11.9 Å². The lowest BCUT2D eigenvalue weighted by atomic mass is 10.1. The van der Waals surface area contributed by atoms with E-state index in [1.54, 1.807) is 48.8 Å². The normalized spacial score (nSPS) is 14.8. The minimum Gasteiger partial charge on any atom is -0.381 e. The highest BCUT2D eigenvalue weighted by molar-refractivity contribution is 6.33. The molecular weight excluding hydrogens is 753 g/mol. The number of nitrogens with one attached hydrogen (secondary N) is 3. The third kappa shape index (κ3) is 8.81. The van der Waals surface area contributed by atoms with Gasteiger partial charge in [0.05, 0.1) is 6.07 Å². The van der Waals surface area contributed by atoms with Gasteiger partial charge in [-0.3, -0.25) is 14.2 Å². The minimum absolute atomic E-state index is 0. The average Bonchev–Trinajstić information content (AvgIpc) is 3.17. The lowest BCUT2D eigenvalue weighted by molar-refractivity contribution is 0.0902. The van der Waals surface area contributed by atoms with Gasteiger partial charge < -0.3 is 25.1 Å². The third-order valence-corrected chi connectivity index (χ3v) is 9.75. The number of anilines is 2. The highest BCUT2D eigenvalue weighted by atomic mass is 35.5. The van der Waals surface area contributed by atoms with E-state index in [1.165, 1.54) is 4.57 Å². The highest BCUT2D eigenvalue weighted by Crippen LogP contribution is 2.28. The van der Waals surface area contributed by atoms with Crippen molar-refractivity contribution in [2.24, 2.45) is 0 Å². The number of hydrogen-bond donors (Lipinski definition) is 3. The number of aromatic amines is 1. The van der Waals surface area contributed by atoms with Gasteiger partial charge in [-0.15, -0.1) is 12.4 Å². The van der Waals surface area contributed by atoms with E-state index in [-0.39, 0.29) is 36.1 Å². The van der Waals surface area contributed by atoms with E-state index >= 15 is 0 Å². The molecule has 6 aromatic rings. The molecule has 2 fully saturated rings. The van der Waals surface area contributed by atoms with Gasteiger partial charge in [-0.05, 0) is 49.9 Å². The van der Waals surface area contributed by atoms with Crippen LogP contribution in [0.3, 0.4) is 0 Å². The molecule has 2 aliphatic rings. The number of hydrogen-bond acceptors (Lipinski definition) is 11. The van der Waals surface area contributed by atoms with Crippen LogP contribution in [0.5, 0.6) is 0 Å². The molecular formula is C38H36Cl3N9O4. The molecule has 0 atom stereocenters. The molecule has 54 heavy (non-hydrogen) atoms. The largest absolute Gasteiger partial charge is 0.381 e. The molecule has 8 rings (SSSR count). The molecule has 0 radical (unpaired) electrons. The first-order valence-electron chi connectivity index (χ1n) is 17.2. The molecule has 2 aliphatic heterocycles. The van der Waals surface area contributed by atoms with Gasteiger partial charge in [-0.25, -0.2) is 9.97 Å². The number of benzene rings is 2. The molecule has 6 heterocycles. The molecule has 278 valence electrons. The van der Waals surface area contributed by atoms with E-state index in [4.69, 9.17) is 32.7 Å². The van der Waals surface area contributed by atoms with Crippen molar-refractivity contribution >= 4 is 69.6 Å². The zero-order chi connectivity index (χ0) is 36.7. The SMILES string of the molecule is Cl.N#CCn1c(=O)c(-c2ccccc2Cl)cc2cnc(NC3CCOCC3)nc21.O=c1[nH]c2nc(NC3CCOCC3)ncc2cc1-c1ccccc1Cl. The van der Waals surface area contributed by atoms with Crippen molar-refractivity contribution in [1.82, 2.24) is 29.5 Å². The van der Waals surface area contributed by atoms with Crippen molar-refractivity contribution in [2.45, 2.75) is 44.3 Å². The fourth-order valence-electron chi connectivity index (χ4n) is 6.31. The van der Waals surface area contributed by atoms with E-state index in [0.717, 1.165) is 44.3 Å². The zero-order valence-electron chi connectivity index (χ0n) is 28.9. The Balaban J connectivity index is 0.000000182. The predicted molar refractivity (Wildman–Crippen MR) is 213 cm³/mol. The van der Waals surface area contributed by atoms with Gasteiger partial charge in [0.15, 0.2) is 0 Å². The number of ether oxygens (including phenoxy) is 2. The van der Waals surface area contributed by atoms with E-state index in [0.29, 0.717) is 80.1 Å². The van der Waals surface area contributed by atoms with Crippen molar-refractivity contribution in [3.8, 4) is 28.3 Å². The lowest BCUT2D eigenvalue weighted by Crippen LogP contribution is -2.29. The molecule has 13 nitrogen and oxygen atoms in total. The summed E-state index contributed by atoms with van der Waals surface area (Å²) >= 11 is 12.5. The van der Waals surface area contributed by atoms with Crippen LogP contribution >= 0.6 is 35.6 Å². The fraction of sp³-hybridized carbons (Fsp3) is 0.289. The van der Waals surface area contributed by atoms with Gasteiger partial charge in [-0.2, -0.15) is 15.2 Å². The number of halogens is 3. The van der Waals surface area contributed by atoms with Gasteiger partial charge in [0, 0.05) is 94.0 Å². The molecule has 0 bridgehead atoms. The van der Waals surface area contributed by atoms with Crippen LogP contribution in [0.25, 0.3) is 44.3 Å². The Morgan fingerprint density at radius 2 is 1.28 bits per heavy atom. The van der Waals surface area contributed by atoms with Crippen LogP contribution in [0.4, 0.5) is 11.9 Å². The molecule has 0 spiro atoms. The van der Waals surface area contributed by atoms with Crippen LogP contribution in [0.2, 0.25) is 10.0 Å². The van der Waals surface area contributed by atoms with Crippen molar-refractivity contribution in [3.63, 3.8) is 0 Å². The van der Waals surface area contributed by atoms with Gasteiger partial charge in [0.25, 0.3) is 11.1 Å². The first-order valence-corrected chi connectivity index (χ1v) is 18.0. The number of aromatic nitrogens is 6. The second-order valence-electron chi connectivity index (χ2n) is 12.6. The number of nitrogens with zero attached hydrogens (tertiary/aromatic N) is 6. The topological polar surface area (TPSA) is 173 Å². The van der Waals surface area contributed by atoms with Gasteiger partial charge >= 0.3 is 0 Å². The van der Waals surface area contributed by atoms with E-state index in [1.807, 2.05) is 30.3 Å². The van der Waals surface area contributed by atoms with Gasteiger partial charge in [-0.1, -0.05) is 59.6 Å². The number of fused-ring (bicyclic) bond motifs is 2. The fourth-order valence-corrected chi connectivity index (χ4v) is 6.78. The Kier molecular flexibility index (Phi) is 12.7. The molecule has 0 saturated carbocycles. The van der Waals surface area contributed by atoms with Crippen LogP contribution in [0.15, 0.2) is 82.6 Å². The van der Waals surface area contributed by atoms with Crippen molar-refractivity contribution in [3.05, 3.63) is 104 Å². The first-order chi connectivity index (χ1) is 25.9. The average molecular weight is 789 g/mol. The maximum Gasteiger partial charge on any atom is 0.261 e. The maximum absolute atomic E-state index is 13.1. The molecule has 2 saturated heterocycles. The molecule has 0 amide bonds. The standard InChI is InChI=1S/C20H18ClN5O2.C18H17ClN4O2.ClH/c21-17-4-2-1-3-15(17)16-11-13-12-23-20(24-14-5-9-28-10-6-14)25-18(13)26(8-7-22)19(16)27;19-15-4-2-1-3-13(15)14-9-11-10-20-18(23-16(11)22-17(14)24)21-12-5-7-25-8-6-12;/h1-4,11-12,14H,5-6,8-10H2,(H,23,24,25);1-4,9-10,12H,5-8H2,(H2,20,21,22,23,24);1H. The van der Waals surface area contributed by atoms with E-state index < -0.39 is 0 Å². The molecule has 3 N–H and O–H groups in total. The Morgan fingerprint density at radius 1 is 0.759 bits per heavy atom. The highest BCUT2D eigenvalue weighted by Gasteiger charge is 2.19. The summed E-state index contributed by atoms with van der Waals surface area (Å²) in [6.07, 6.45) is 6.96. The smallest absolute Gasteiger partial charge is 0.261 e. The summed E-state index contributed by atoms with van der Waals surface area (Å²) in [5, 5.41) is 18.3. The van der Waals surface area contributed by atoms with Crippen LogP contribution in [-0.2, 0) is 16.0 Å². The summed E-state index contributed by atoms with van der Waals surface area (Å²) in [4.78, 5) is 46.1. The Morgan fingerprint density at radius 3 is 1.85 bits per heavy atom. The second-order valence-corrected chi connectivity index (χ2v) is 13.4. The van der Waals surface area contributed by atoms with Crippen LogP contribution in [-0.4, -0.2) is 68.0 Å². The number of rotatable bonds is 7. The second kappa shape index (κ2) is 17.8. The summed E-state index contributed by atoms with van der Waals surface area (Å²) in [6.45, 7) is 2.77. The summed E-state index contributed by atoms with van der Waals surface area (Å²) < 4.78 is 12.1. The maximum atomic E-state index is 13.1. The molecule has 16 heteroatoms. The third-order valence-electron chi connectivity index (χ3n) is 9.09. The molecule has 0 unspecified atom stereocenters. The first kappa shape index (κ1) is 38.6. The zero-order valence-corrected chi connectivity index (χ0v) is 31.3. The minimum atomic E-state index is -0.308.